The van der Waals surface area contributed by atoms with Gasteiger partial charge in [0.15, 0.2) is 0 Å². The van der Waals surface area contributed by atoms with E-state index in [2.05, 4.69) is 17.0 Å². The van der Waals surface area contributed by atoms with Crippen molar-refractivity contribution in [3.8, 4) is 5.69 Å². The summed E-state index contributed by atoms with van der Waals surface area (Å²) in [5.41, 5.74) is 8.78. The van der Waals surface area contributed by atoms with E-state index in [0.717, 1.165) is 23.5 Å². The topological polar surface area (TPSA) is 61.7 Å². The van der Waals surface area contributed by atoms with Crippen molar-refractivity contribution >= 4 is 5.95 Å². The summed E-state index contributed by atoms with van der Waals surface area (Å²) >= 11 is 0. The van der Waals surface area contributed by atoms with Crippen molar-refractivity contribution in [2.45, 2.75) is 20.3 Å². The molecule has 15 heavy (non-hydrogen) atoms. The maximum absolute atomic E-state index is 5.82. The smallest absolute Gasteiger partial charge is 0.205 e. The van der Waals surface area contributed by atoms with Crippen LogP contribution in [0.1, 0.15) is 18.3 Å². The van der Waals surface area contributed by atoms with E-state index in [1.165, 1.54) is 0 Å². The van der Waals surface area contributed by atoms with Gasteiger partial charge in [0.25, 0.3) is 0 Å². The van der Waals surface area contributed by atoms with Crippen molar-refractivity contribution in [2.75, 3.05) is 5.73 Å². The first kappa shape index (κ1) is 9.76. The summed E-state index contributed by atoms with van der Waals surface area (Å²) in [5, 5.41) is 4.37. The number of rotatable bonds is 2. The number of nitrogens with two attached hydrogens (primary N) is 1. The fraction of sp³-hybridized carbons (Fsp3) is 0.400. The Labute approximate surface area is 88.5 Å². The Bertz CT molecular complexity index is 480. The summed E-state index contributed by atoms with van der Waals surface area (Å²) in [4.78, 5) is 4.18. The fourth-order valence-electron chi connectivity index (χ4n) is 1.68. The number of aromatic nitrogens is 4. The van der Waals surface area contributed by atoms with Crippen LogP contribution in [0.25, 0.3) is 5.69 Å². The Morgan fingerprint density at radius 3 is 2.67 bits per heavy atom. The molecule has 0 aliphatic carbocycles. The van der Waals surface area contributed by atoms with Crippen LogP contribution in [0.4, 0.5) is 5.95 Å². The molecule has 0 fully saturated rings. The van der Waals surface area contributed by atoms with Gasteiger partial charge in [-0.15, -0.1) is 0 Å². The number of anilines is 1. The largest absolute Gasteiger partial charge is 0.369 e. The maximum atomic E-state index is 5.82. The third-order valence-electron chi connectivity index (χ3n) is 2.33. The molecule has 0 unspecified atom stereocenters. The summed E-state index contributed by atoms with van der Waals surface area (Å²) < 4.78 is 3.67. The van der Waals surface area contributed by atoms with Gasteiger partial charge in [-0.3, -0.25) is 9.25 Å². The summed E-state index contributed by atoms with van der Waals surface area (Å²) in [7, 11) is 1.91. The molecule has 80 valence electrons. The molecule has 0 atom stereocenters. The third kappa shape index (κ3) is 1.60. The van der Waals surface area contributed by atoms with E-state index in [9.17, 15) is 0 Å². The van der Waals surface area contributed by atoms with Gasteiger partial charge in [-0.25, -0.2) is 4.98 Å². The lowest BCUT2D eigenvalue weighted by molar-refractivity contribution is 0.746. The zero-order valence-electron chi connectivity index (χ0n) is 9.23. The van der Waals surface area contributed by atoms with Gasteiger partial charge < -0.3 is 5.73 Å². The summed E-state index contributed by atoms with van der Waals surface area (Å²) in [5.74, 6) is 0.509. The van der Waals surface area contributed by atoms with Crippen LogP contribution in [0, 0.1) is 6.92 Å². The van der Waals surface area contributed by atoms with Crippen LogP contribution in [-0.2, 0) is 13.5 Å². The van der Waals surface area contributed by atoms with E-state index in [4.69, 9.17) is 5.73 Å². The maximum Gasteiger partial charge on any atom is 0.205 e. The first-order chi connectivity index (χ1) is 7.11. The molecular formula is C10H15N5. The number of imidazole rings is 1. The van der Waals surface area contributed by atoms with Crippen LogP contribution in [-0.4, -0.2) is 19.3 Å². The van der Waals surface area contributed by atoms with Crippen molar-refractivity contribution in [1.82, 2.24) is 19.3 Å². The average Bonchev–Trinajstić information content (AvgIpc) is 2.69. The molecule has 0 aromatic carbocycles. The van der Waals surface area contributed by atoms with Crippen molar-refractivity contribution in [3.05, 3.63) is 23.8 Å². The minimum Gasteiger partial charge on any atom is -0.369 e. The van der Waals surface area contributed by atoms with Gasteiger partial charge in [-0.1, -0.05) is 6.92 Å². The predicted octanol–water partition coefficient (Wildman–Crippen LogP) is 1.06. The average molecular weight is 205 g/mol. The van der Waals surface area contributed by atoms with Crippen molar-refractivity contribution in [2.24, 2.45) is 7.05 Å². The number of hydrogen-bond donors (Lipinski definition) is 1. The second kappa shape index (κ2) is 3.42. The van der Waals surface area contributed by atoms with Gasteiger partial charge in [-0.05, 0) is 13.3 Å². The fourth-order valence-corrected chi connectivity index (χ4v) is 1.68. The summed E-state index contributed by atoms with van der Waals surface area (Å²) in [6.07, 6.45) is 4.76. The molecule has 0 saturated heterocycles. The molecule has 0 saturated carbocycles. The predicted molar refractivity (Wildman–Crippen MR) is 58.9 cm³/mol. The molecule has 2 N–H and O–H groups in total. The van der Waals surface area contributed by atoms with Gasteiger partial charge in [0.2, 0.25) is 5.95 Å². The molecule has 2 aromatic rings. The van der Waals surface area contributed by atoms with E-state index in [1.807, 2.05) is 30.9 Å². The van der Waals surface area contributed by atoms with E-state index in [1.54, 1.807) is 4.68 Å². The standard InChI is InChI=1S/C10H15N5/c1-4-8-9(6-14(3)13-8)15-5-7(2)12-10(15)11/h5-6H,4H2,1-3H3,(H2,11,12). The molecule has 0 aliphatic heterocycles. The highest BCUT2D eigenvalue weighted by Crippen LogP contribution is 2.17. The van der Waals surface area contributed by atoms with Gasteiger partial charge >= 0.3 is 0 Å². The molecular weight excluding hydrogens is 190 g/mol. The third-order valence-corrected chi connectivity index (χ3v) is 2.33. The zero-order chi connectivity index (χ0) is 11.0. The molecule has 0 bridgehead atoms. The van der Waals surface area contributed by atoms with Crippen LogP contribution >= 0.6 is 0 Å². The second-order valence-electron chi connectivity index (χ2n) is 3.60. The zero-order valence-corrected chi connectivity index (χ0v) is 9.23. The van der Waals surface area contributed by atoms with E-state index in [-0.39, 0.29) is 0 Å². The lowest BCUT2D eigenvalue weighted by Gasteiger charge is -2.02. The summed E-state index contributed by atoms with van der Waals surface area (Å²) in [6.45, 7) is 4.00. The second-order valence-corrected chi connectivity index (χ2v) is 3.60. The molecule has 0 radical (unpaired) electrons. The van der Waals surface area contributed by atoms with Crippen LogP contribution in [0.2, 0.25) is 0 Å². The summed E-state index contributed by atoms with van der Waals surface area (Å²) in [6, 6.07) is 0. The van der Waals surface area contributed by atoms with Crippen molar-refractivity contribution in [3.63, 3.8) is 0 Å². The SMILES string of the molecule is CCc1nn(C)cc1-n1cc(C)nc1N. The van der Waals surface area contributed by atoms with Gasteiger partial charge in [0.1, 0.15) is 0 Å². The van der Waals surface area contributed by atoms with Gasteiger partial charge in [0, 0.05) is 19.4 Å². The first-order valence-electron chi connectivity index (χ1n) is 4.96. The molecule has 5 heteroatoms. The van der Waals surface area contributed by atoms with Crippen LogP contribution < -0.4 is 5.73 Å². The van der Waals surface area contributed by atoms with E-state index >= 15 is 0 Å². The first-order valence-corrected chi connectivity index (χ1v) is 4.96. The van der Waals surface area contributed by atoms with Gasteiger partial charge in [0.05, 0.1) is 17.1 Å². The molecule has 2 rings (SSSR count). The highest BCUT2D eigenvalue weighted by Gasteiger charge is 2.11. The van der Waals surface area contributed by atoms with Crippen LogP contribution in [0.3, 0.4) is 0 Å². The number of aryl methyl sites for hydroxylation is 3. The molecule has 5 nitrogen and oxygen atoms in total. The Morgan fingerprint density at radius 1 is 1.40 bits per heavy atom. The quantitative estimate of drug-likeness (QED) is 0.797. The minimum absolute atomic E-state index is 0.509. The lowest BCUT2D eigenvalue weighted by Crippen LogP contribution is -2.01. The number of hydrogen-bond acceptors (Lipinski definition) is 3. The van der Waals surface area contributed by atoms with E-state index < -0.39 is 0 Å². The Balaban J connectivity index is 2.57. The van der Waals surface area contributed by atoms with E-state index in [0.29, 0.717) is 5.95 Å². The van der Waals surface area contributed by atoms with Crippen LogP contribution in [0.5, 0.6) is 0 Å². The van der Waals surface area contributed by atoms with Gasteiger partial charge in [-0.2, -0.15) is 5.10 Å². The molecule has 0 amide bonds. The highest BCUT2D eigenvalue weighted by molar-refractivity contribution is 5.42. The molecule has 0 spiro atoms. The minimum atomic E-state index is 0.509. The van der Waals surface area contributed by atoms with Crippen LogP contribution in [0.15, 0.2) is 12.4 Å². The molecule has 2 heterocycles. The Kier molecular flexibility index (Phi) is 2.22. The normalized spacial score (nSPS) is 10.9. The lowest BCUT2D eigenvalue weighted by atomic mass is 10.3. The monoisotopic (exact) mass is 205 g/mol. The van der Waals surface area contributed by atoms with Crippen molar-refractivity contribution < 1.29 is 0 Å². The highest BCUT2D eigenvalue weighted by atomic mass is 15.3. The van der Waals surface area contributed by atoms with Crippen molar-refractivity contribution in [1.29, 1.82) is 0 Å². The molecule has 2 aromatic heterocycles. The Morgan fingerprint density at radius 2 is 2.13 bits per heavy atom. The number of nitrogen functional groups attached to an aromatic ring is 1. The molecule has 0 aliphatic rings. The Hall–Kier alpha value is -1.78. The number of nitrogens with zero attached hydrogens (tertiary/aromatic N) is 4.